The van der Waals surface area contributed by atoms with Crippen LogP contribution in [0.25, 0.3) is 0 Å². The summed E-state index contributed by atoms with van der Waals surface area (Å²) in [5, 5.41) is 15.4. The molecule has 0 aliphatic rings. The second kappa shape index (κ2) is 8.77. The lowest BCUT2D eigenvalue weighted by Crippen LogP contribution is -2.33. The van der Waals surface area contributed by atoms with Gasteiger partial charge in [0.25, 0.3) is 0 Å². The third-order valence-electron chi connectivity index (χ3n) is 3.54. The maximum Gasteiger partial charge on any atom is 0.451 e. The lowest BCUT2D eigenvalue weighted by Gasteiger charge is -2.23. The van der Waals surface area contributed by atoms with Gasteiger partial charge < -0.3 is 14.2 Å². The molecule has 0 spiro atoms. The molecule has 2 rings (SSSR count). The van der Waals surface area contributed by atoms with E-state index < -0.39 is 17.9 Å². The van der Waals surface area contributed by atoms with Crippen molar-refractivity contribution in [3.05, 3.63) is 30.1 Å². The topological polar surface area (TPSA) is 84.0 Å². The predicted molar refractivity (Wildman–Crippen MR) is 92.3 cm³/mol. The van der Waals surface area contributed by atoms with Crippen molar-refractivity contribution < 1.29 is 22.7 Å². The van der Waals surface area contributed by atoms with Crippen LogP contribution in [-0.4, -0.2) is 40.1 Å². The predicted octanol–water partition coefficient (Wildman–Crippen LogP) is 2.88. The summed E-state index contributed by atoms with van der Waals surface area (Å²) < 4.78 is 44.4. The average molecular weight is 399 g/mol. The molecule has 0 aliphatic heterocycles. The van der Waals surface area contributed by atoms with E-state index in [9.17, 15) is 18.0 Å². The van der Waals surface area contributed by atoms with Gasteiger partial charge in [0.05, 0.1) is 31.0 Å². The fourth-order valence-electron chi connectivity index (χ4n) is 2.29. The van der Waals surface area contributed by atoms with Gasteiger partial charge >= 0.3 is 6.18 Å². The van der Waals surface area contributed by atoms with E-state index in [0.29, 0.717) is 11.4 Å². The first-order chi connectivity index (χ1) is 12.8. The van der Waals surface area contributed by atoms with Crippen LogP contribution in [-0.2, 0) is 18.0 Å². The Hall–Kier alpha value is -2.74. The number of methoxy groups -OCH3 is 1. The molecule has 1 aromatic heterocycles. The number of para-hydroxylation sites is 2. The number of hydrogen-bond acceptors (Lipinski definition) is 6. The Kier molecular flexibility index (Phi) is 6.68. The highest BCUT2D eigenvalue weighted by Gasteiger charge is 2.37. The largest absolute Gasteiger partial charge is 0.495 e. The highest BCUT2D eigenvalue weighted by Crippen LogP contribution is 2.31. The zero-order chi connectivity index (χ0) is 20.0. The highest BCUT2D eigenvalue weighted by atomic mass is 32.2. The van der Waals surface area contributed by atoms with Gasteiger partial charge in [-0.25, -0.2) is 0 Å². The summed E-state index contributed by atoms with van der Waals surface area (Å²) in [6.07, 6.45) is -4.53. The maximum atomic E-state index is 12.8. The third-order valence-corrected chi connectivity index (χ3v) is 4.54. The van der Waals surface area contributed by atoms with Crippen LogP contribution in [0.2, 0.25) is 0 Å². The first-order valence-electron chi connectivity index (χ1n) is 7.69. The maximum absolute atomic E-state index is 12.8. The fourth-order valence-corrected chi connectivity index (χ4v) is 3.07. The number of halogens is 3. The van der Waals surface area contributed by atoms with Crippen molar-refractivity contribution in [2.24, 2.45) is 7.05 Å². The lowest BCUT2D eigenvalue weighted by molar-refractivity contribution is -0.147. The van der Waals surface area contributed by atoms with Gasteiger partial charge in [0, 0.05) is 13.6 Å². The number of thioether (sulfide) groups is 1. The van der Waals surface area contributed by atoms with E-state index in [1.54, 1.807) is 24.3 Å². The quantitative estimate of drug-likeness (QED) is 0.666. The molecule has 0 aliphatic carbocycles. The number of nitrogens with zero attached hydrogens (tertiary/aromatic N) is 5. The average Bonchev–Trinajstić information content (AvgIpc) is 3.01. The Morgan fingerprint density at radius 1 is 1.37 bits per heavy atom. The van der Waals surface area contributed by atoms with E-state index >= 15 is 0 Å². The molecule has 1 heterocycles. The number of hydrogen-bond donors (Lipinski definition) is 0. The minimum absolute atomic E-state index is 0.0315. The molecule has 1 amide bonds. The number of aromatic nitrogens is 3. The van der Waals surface area contributed by atoms with Gasteiger partial charge in [-0.1, -0.05) is 23.9 Å². The van der Waals surface area contributed by atoms with E-state index in [1.165, 1.54) is 19.1 Å². The first kappa shape index (κ1) is 20.6. The number of benzene rings is 1. The van der Waals surface area contributed by atoms with Crippen LogP contribution in [0, 0.1) is 11.3 Å². The van der Waals surface area contributed by atoms with Gasteiger partial charge in [-0.3, -0.25) is 4.79 Å². The molecular formula is C16H16F3N5O2S. The van der Waals surface area contributed by atoms with Crippen molar-refractivity contribution in [2.75, 3.05) is 24.3 Å². The van der Waals surface area contributed by atoms with Crippen molar-refractivity contribution in [3.8, 4) is 11.8 Å². The number of amides is 1. The van der Waals surface area contributed by atoms with Crippen LogP contribution in [0.4, 0.5) is 18.9 Å². The van der Waals surface area contributed by atoms with Gasteiger partial charge in [-0.2, -0.15) is 18.4 Å². The van der Waals surface area contributed by atoms with Crippen molar-refractivity contribution in [2.45, 2.75) is 17.8 Å². The standard InChI is InChI=1S/C16H16F3N5O2S/c1-23-14(16(17,18)19)21-22-15(23)27-10-13(25)24(9-5-8-20)11-6-3-4-7-12(11)26-2/h3-4,6-7H,5,9-10H2,1-2H3. The third kappa shape index (κ3) is 4.91. The van der Waals surface area contributed by atoms with E-state index in [0.717, 1.165) is 16.3 Å². The molecule has 0 unspecified atom stereocenters. The van der Waals surface area contributed by atoms with E-state index in [1.807, 2.05) is 6.07 Å². The van der Waals surface area contributed by atoms with Crippen molar-refractivity contribution in [1.82, 2.24) is 14.8 Å². The van der Waals surface area contributed by atoms with Crippen LogP contribution < -0.4 is 9.64 Å². The van der Waals surface area contributed by atoms with Gasteiger partial charge in [0.1, 0.15) is 5.75 Å². The molecule has 0 N–H and O–H groups in total. The van der Waals surface area contributed by atoms with E-state index in [4.69, 9.17) is 10.00 Å². The number of ether oxygens (including phenoxy) is 1. The summed E-state index contributed by atoms with van der Waals surface area (Å²) in [7, 11) is 2.64. The van der Waals surface area contributed by atoms with Crippen molar-refractivity contribution in [3.63, 3.8) is 0 Å². The lowest BCUT2D eigenvalue weighted by atomic mass is 10.2. The molecule has 0 fully saturated rings. The summed E-state index contributed by atoms with van der Waals surface area (Å²) in [6.45, 7) is 0.128. The Balaban J connectivity index is 2.18. The van der Waals surface area contributed by atoms with Gasteiger partial charge in [0.15, 0.2) is 5.16 Å². The zero-order valence-electron chi connectivity index (χ0n) is 14.5. The summed E-state index contributed by atoms with van der Waals surface area (Å²) in [4.78, 5) is 14.0. The number of carbonyl (C=O) groups is 1. The molecule has 0 saturated heterocycles. The Morgan fingerprint density at radius 2 is 2.07 bits per heavy atom. The molecule has 0 saturated carbocycles. The number of rotatable bonds is 7. The molecule has 7 nitrogen and oxygen atoms in total. The summed E-state index contributed by atoms with van der Waals surface area (Å²) in [5.74, 6) is -1.25. The Labute approximate surface area is 157 Å². The Morgan fingerprint density at radius 3 is 2.67 bits per heavy atom. The second-order valence-corrected chi connectivity index (χ2v) is 6.22. The second-order valence-electron chi connectivity index (χ2n) is 5.28. The fraction of sp³-hybridized carbons (Fsp3) is 0.375. The molecule has 0 atom stereocenters. The molecule has 144 valence electrons. The van der Waals surface area contributed by atoms with Gasteiger partial charge in [0.2, 0.25) is 11.7 Å². The normalized spacial score (nSPS) is 11.1. The molecule has 0 radical (unpaired) electrons. The minimum Gasteiger partial charge on any atom is -0.495 e. The highest BCUT2D eigenvalue weighted by molar-refractivity contribution is 7.99. The van der Waals surface area contributed by atoms with Gasteiger partial charge in [-0.15, -0.1) is 10.2 Å². The number of alkyl halides is 3. The number of anilines is 1. The summed E-state index contributed by atoms with van der Waals surface area (Å²) in [6, 6.07) is 8.77. The summed E-state index contributed by atoms with van der Waals surface area (Å²) in [5.41, 5.74) is 0.481. The first-order valence-corrected chi connectivity index (χ1v) is 8.67. The molecule has 27 heavy (non-hydrogen) atoms. The Bertz CT molecular complexity index is 847. The number of carbonyl (C=O) groups excluding carboxylic acids is 1. The van der Waals surface area contributed by atoms with Gasteiger partial charge in [-0.05, 0) is 12.1 Å². The molecular weight excluding hydrogens is 383 g/mol. The van der Waals surface area contributed by atoms with E-state index in [-0.39, 0.29) is 23.9 Å². The van der Waals surface area contributed by atoms with Crippen LogP contribution in [0.5, 0.6) is 5.75 Å². The monoisotopic (exact) mass is 399 g/mol. The number of nitriles is 1. The molecule has 2 aromatic rings. The molecule has 1 aromatic carbocycles. The molecule has 11 heteroatoms. The van der Waals surface area contributed by atoms with Crippen LogP contribution in [0.1, 0.15) is 12.2 Å². The SMILES string of the molecule is COc1ccccc1N(CCC#N)C(=O)CSc1nnc(C(F)(F)F)n1C. The smallest absolute Gasteiger partial charge is 0.451 e. The zero-order valence-corrected chi connectivity index (χ0v) is 15.3. The van der Waals surface area contributed by atoms with Crippen LogP contribution >= 0.6 is 11.8 Å². The van der Waals surface area contributed by atoms with Crippen LogP contribution in [0.3, 0.4) is 0 Å². The van der Waals surface area contributed by atoms with Crippen LogP contribution in [0.15, 0.2) is 29.4 Å². The van der Waals surface area contributed by atoms with Crippen molar-refractivity contribution >= 4 is 23.4 Å². The molecule has 0 bridgehead atoms. The van der Waals surface area contributed by atoms with E-state index in [2.05, 4.69) is 10.2 Å². The minimum atomic E-state index is -4.62. The summed E-state index contributed by atoms with van der Waals surface area (Å²) >= 11 is 0.836. The van der Waals surface area contributed by atoms with Crippen molar-refractivity contribution in [1.29, 1.82) is 5.26 Å².